The van der Waals surface area contributed by atoms with Crippen molar-refractivity contribution in [3.8, 4) is 0 Å². The summed E-state index contributed by atoms with van der Waals surface area (Å²) in [6.07, 6.45) is 5.91. The molecule has 4 heteroatoms. The van der Waals surface area contributed by atoms with Crippen LogP contribution in [-0.2, 0) is 10.3 Å². The van der Waals surface area contributed by atoms with Gasteiger partial charge < -0.3 is 10.6 Å². The second kappa shape index (κ2) is 7.47. The van der Waals surface area contributed by atoms with Gasteiger partial charge in [0.2, 0.25) is 5.91 Å². The molecule has 2 unspecified atom stereocenters. The molecule has 2 fully saturated rings. The largest absolute Gasteiger partial charge is 0.345 e. The first-order valence-electron chi connectivity index (χ1n) is 9.07. The van der Waals surface area contributed by atoms with E-state index in [1.54, 1.807) is 0 Å². The summed E-state index contributed by atoms with van der Waals surface area (Å²) in [5, 5.41) is 6.56. The Labute approximate surface area is 146 Å². The van der Waals surface area contributed by atoms with Crippen LogP contribution in [0.25, 0.3) is 6.08 Å². The molecule has 2 heterocycles. The highest BCUT2D eigenvalue weighted by atomic mass is 16.2. The maximum Gasteiger partial charge on any atom is 0.224 e. The van der Waals surface area contributed by atoms with Gasteiger partial charge in [0.25, 0.3) is 0 Å². The molecule has 0 radical (unpaired) electrons. The highest BCUT2D eigenvalue weighted by Crippen LogP contribution is 2.49. The number of aromatic nitrogens is 1. The molecule has 0 bridgehead atoms. The number of fused-ring (bicyclic) bond motifs is 1. The monoisotopic (exact) mass is 329 g/mol. The zero-order valence-corrected chi connectivity index (χ0v) is 15.8. The molecule has 2 atom stereocenters. The zero-order chi connectivity index (χ0) is 17.9. The fraction of sp³-hybridized carbons (Fsp3) is 0.600. The predicted octanol–water partition coefficient (Wildman–Crippen LogP) is 3.27. The van der Waals surface area contributed by atoms with Gasteiger partial charge in [-0.05, 0) is 64.3 Å². The number of amides is 1. The molecule has 1 aliphatic heterocycles. The number of carbonyl (C=O) groups excluding carboxylic acids is 1. The Kier molecular flexibility index (Phi) is 5.81. The Hall–Kier alpha value is -1.68. The Morgan fingerprint density at radius 2 is 1.96 bits per heavy atom. The van der Waals surface area contributed by atoms with E-state index in [4.69, 9.17) is 0 Å². The molecule has 1 saturated heterocycles. The van der Waals surface area contributed by atoms with Gasteiger partial charge >= 0.3 is 0 Å². The van der Waals surface area contributed by atoms with Crippen molar-refractivity contribution in [1.82, 2.24) is 15.6 Å². The van der Waals surface area contributed by atoms with Gasteiger partial charge in [0.15, 0.2) is 0 Å². The van der Waals surface area contributed by atoms with Gasteiger partial charge in [0.1, 0.15) is 0 Å². The van der Waals surface area contributed by atoms with Crippen molar-refractivity contribution in [1.29, 1.82) is 0 Å². The van der Waals surface area contributed by atoms with Crippen LogP contribution in [0.4, 0.5) is 0 Å². The van der Waals surface area contributed by atoms with Crippen LogP contribution in [0.3, 0.4) is 0 Å². The Balaban J connectivity index is 0.00000100. The standard InChI is InChI=1S/C18H25N3O.C2H6/c1-5-6-12-11(2)7-8-20-16(12)18(3,4)21-17(22)15-13-9-19-10-14(13)15;1-2/h5-8,13-15,19H,9-10H2,1-4H3,(H,21,22);1-2H3/b6-5-;. The van der Waals surface area contributed by atoms with E-state index in [9.17, 15) is 4.79 Å². The number of aryl methyl sites for hydroxylation is 1. The quantitative estimate of drug-likeness (QED) is 0.891. The molecule has 1 aliphatic carbocycles. The van der Waals surface area contributed by atoms with Crippen molar-refractivity contribution >= 4 is 12.0 Å². The Morgan fingerprint density at radius 1 is 1.33 bits per heavy atom. The first-order valence-corrected chi connectivity index (χ1v) is 9.07. The number of nitrogens with one attached hydrogen (secondary N) is 2. The Morgan fingerprint density at radius 3 is 2.54 bits per heavy atom. The van der Waals surface area contributed by atoms with Crippen LogP contribution in [0.1, 0.15) is 51.4 Å². The summed E-state index contributed by atoms with van der Waals surface area (Å²) < 4.78 is 0. The SMILES string of the molecule is C/C=C\c1c(C)ccnc1C(C)(C)NC(=O)C1C2CNCC21.CC. The number of hydrogen-bond acceptors (Lipinski definition) is 3. The summed E-state index contributed by atoms with van der Waals surface area (Å²) in [6, 6.07) is 2.01. The third-order valence-corrected chi connectivity index (χ3v) is 4.96. The van der Waals surface area contributed by atoms with E-state index in [1.165, 1.54) is 5.56 Å². The van der Waals surface area contributed by atoms with Crippen molar-refractivity contribution in [2.75, 3.05) is 13.1 Å². The number of pyridine rings is 1. The summed E-state index contributed by atoms with van der Waals surface area (Å²) >= 11 is 0. The van der Waals surface area contributed by atoms with Gasteiger partial charge in [-0.2, -0.15) is 0 Å². The smallest absolute Gasteiger partial charge is 0.224 e. The van der Waals surface area contributed by atoms with Crippen LogP contribution in [0, 0.1) is 24.7 Å². The molecule has 1 aromatic heterocycles. The van der Waals surface area contributed by atoms with E-state index >= 15 is 0 Å². The summed E-state index contributed by atoms with van der Waals surface area (Å²) in [6.45, 7) is 14.1. The molecule has 2 aliphatic rings. The van der Waals surface area contributed by atoms with Crippen molar-refractivity contribution in [2.24, 2.45) is 17.8 Å². The molecule has 2 N–H and O–H groups in total. The molecule has 0 aromatic carbocycles. The lowest BCUT2D eigenvalue weighted by Crippen LogP contribution is -2.44. The maximum atomic E-state index is 12.6. The van der Waals surface area contributed by atoms with E-state index in [1.807, 2.05) is 53.0 Å². The van der Waals surface area contributed by atoms with Gasteiger partial charge in [-0.3, -0.25) is 9.78 Å². The number of rotatable bonds is 4. The molecular formula is C20H31N3O. The summed E-state index contributed by atoms with van der Waals surface area (Å²) in [7, 11) is 0. The second-order valence-electron chi connectivity index (χ2n) is 7.02. The van der Waals surface area contributed by atoms with Crippen LogP contribution < -0.4 is 10.6 Å². The first kappa shape index (κ1) is 18.7. The third kappa shape index (κ3) is 3.54. The lowest BCUT2D eigenvalue weighted by atomic mass is 9.92. The van der Waals surface area contributed by atoms with E-state index in [0.717, 1.165) is 24.3 Å². The molecule has 1 saturated carbocycles. The fourth-order valence-corrected chi connectivity index (χ4v) is 3.70. The highest BCUT2D eigenvalue weighted by Gasteiger charge is 2.57. The minimum atomic E-state index is -0.470. The molecular weight excluding hydrogens is 298 g/mol. The van der Waals surface area contributed by atoms with Crippen LogP contribution in [0.2, 0.25) is 0 Å². The minimum Gasteiger partial charge on any atom is -0.345 e. The number of carbonyl (C=O) groups is 1. The van der Waals surface area contributed by atoms with E-state index < -0.39 is 5.54 Å². The number of nitrogens with zero attached hydrogens (tertiary/aromatic N) is 1. The highest BCUT2D eigenvalue weighted by molar-refractivity contribution is 5.83. The van der Waals surface area contributed by atoms with E-state index in [0.29, 0.717) is 11.8 Å². The molecule has 0 spiro atoms. The second-order valence-corrected chi connectivity index (χ2v) is 7.02. The topological polar surface area (TPSA) is 54.0 Å². The van der Waals surface area contributed by atoms with E-state index in [2.05, 4.69) is 28.6 Å². The first-order chi connectivity index (χ1) is 11.5. The Bertz CT molecular complexity index is 611. The van der Waals surface area contributed by atoms with Crippen LogP contribution in [0.15, 0.2) is 18.3 Å². The zero-order valence-electron chi connectivity index (χ0n) is 15.8. The molecule has 1 amide bonds. The molecule has 3 rings (SSSR count). The maximum absolute atomic E-state index is 12.6. The van der Waals surface area contributed by atoms with Crippen LogP contribution >= 0.6 is 0 Å². The molecule has 24 heavy (non-hydrogen) atoms. The third-order valence-electron chi connectivity index (χ3n) is 4.96. The fourth-order valence-electron chi connectivity index (χ4n) is 3.70. The average molecular weight is 329 g/mol. The normalized spacial score (nSPS) is 25.0. The number of hydrogen-bond donors (Lipinski definition) is 2. The molecule has 1 aromatic rings. The average Bonchev–Trinajstić information content (AvgIpc) is 3.04. The van der Waals surface area contributed by atoms with Gasteiger partial charge in [-0.1, -0.05) is 26.0 Å². The molecule has 4 nitrogen and oxygen atoms in total. The lowest BCUT2D eigenvalue weighted by Gasteiger charge is -2.28. The van der Waals surface area contributed by atoms with Crippen LogP contribution in [0.5, 0.6) is 0 Å². The van der Waals surface area contributed by atoms with Crippen molar-refractivity contribution in [3.63, 3.8) is 0 Å². The van der Waals surface area contributed by atoms with Crippen molar-refractivity contribution < 1.29 is 4.79 Å². The van der Waals surface area contributed by atoms with Gasteiger partial charge in [0, 0.05) is 17.7 Å². The minimum absolute atomic E-state index is 0.177. The number of allylic oxidation sites excluding steroid dienone is 1. The van der Waals surface area contributed by atoms with Crippen molar-refractivity contribution in [2.45, 2.75) is 47.1 Å². The van der Waals surface area contributed by atoms with E-state index in [-0.39, 0.29) is 11.8 Å². The van der Waals surface area contributed by atoms with Gasteiger partial charge in [-0.25, -0.2) is 0 Å². The van der Waals surface area contributed by atoms with Gasteiger partial charge in [0.05, 0.1) is 11.2 Å². The number of piperidine rings is 1. The van der Waals surface area contributed by atoms with Crippen molar-refractivity contribution in [3.05, 3.63) is 35.2 Å². The summed E-state index contributed by atoms with van der Waals surface area (Å²) in [5.41, 5.74) is 2.75. The summed E-state index contributed by atoms with van der Waals surface area (Å²) in [5.74, 6) is 1.44. The molecule has 132 valence electrons. The van der Waals surface area contributed by atoms with Gasteiger partial charge in [-0.15, -0.1) is 0 Å². The van der Waals surface area contributed by atoms with Crippen LogP contribution in [-0.4, -0.2) is 24.0 Å². The predicted molar refractivity (Wildman–Crippen MR) is 99.5 cm³/mol. The lowest BCUT2D eigenvalue weighted by molar-refractivity contribution is -0.124. The summed E-state index contributed by atoms with van der Waals surface area (Å²) in [4.78, 5) is 17.1.